The SMILES string of the molecule is c1ccc(-c2nc(-c3ccc(-c4cccc5c4oc4ccccc45)cc3)nc(-c3cccc(-c4ccc5nc(-c6ccccc6)c6sc7ccccc7c6c5c4)c3)n2)cc1. The fourth-order valence-corrected chi connectivity index (χ4v) is 9.65. The minimum atomic E-state index is 0.607. The molecule has 0 fully saturated rings. The highest BCUT2D eigenvalue weighted by atomic mass is 32.1. The molecule has 0 aliphatic carbocycles. The molecule has 60 heavy (non-hydrogen) atoms. The van der Waals surface area contributed by atoms with Gasteiger partial charge in [-0.1, -0.05) is 164 Å². The first-order valence-corrected chi connectivity index (χ1v) is 20.8. The number of aromatic nitrogens is 4. The van der Waals surface area contributed by atoms with Crippen molar-refractivity contribution >= 4 is 64.4 Å². The van der Waals surface area contributed by atoms with Crippen LogP contribution in [0.2, 0.25) is 0 Å². The van der Waals surface area contributed by atoms with E-state index < -0.39 is 0 Å². The minimum absolute atomic E-state index is 0.607. The monoisotopic (exact) mass is 784 g/mol. The second-order valence-electron chi connectivity index (χ2n) is 15.0. The highest BCUT2D eigenvalue weighted by Gasteiger charge is 2.18. The molecule has 4 heterocycles. The molecule has 0 saturated carbocycles. The van der Waals surface area contributed by atoms with Crippen molar-refractivity contribution in [3.63, 3.8) is 0 Å². The van der Waals surface area contributed by atoms with Crippen LogP contribution in [0, 0.1) is 0 Å². The summed E-state index contributed by atoms with van der Waals surface area (Å²) in [6, 6.07) is 67.3. The highest BCUT2D eigenvalue weighted by molar-refractivity contribution is 7.26. The van der Waals surface area contributed by atoms with Gasteiger partial charge < -0.3 is 4.42 Å². The smallest absolute Gasteiger partial charge is 0.164 e. The van der Waals surface area contributed by atoms with Gasteiger partial charge in [0.2, 0.25) is 0 Å². The molecule has 5 nitrogen and oxygen atoms in total. The van der Waals surface area contributed by atoms with Gasteiger partial charge in [0.1, 0.15) is 11.2 Å². The van der Waals surface area contributed by atoms with E-state index in [1.54, 1.807) is 0 Å². The van der Waals surface area contributed by atoms with Gasteiger partial charge in [-0.05, 0) is 47.0 Å². The summed E-state index contributed by atoms with van der Waals surface area (Å²) in [6.07, 6.45) is 0. The highest BCUT2D eigenvalue weighted by Crippen LogP contribution is 2.44. The van der Waals surface area contributed by atoms with Crippen molar-refractivity contribution in [1.82, 2.24) is 19.9 Å². The third-order valence-electron chi connectivity index (χ3n) is 11.3. The number of fused-ring (bicyclic) bond motifs is 8. The lowest BCUT2D eigenvalue weighted by atomic mass is 9.98. The molecule has 280 valence electrons. The number of furan rings is 1. The molecule has 0 aliphatic rings. The summed E-state index contributed by atoms with van der Waals surface area (Å²) < 4.78 is 8.82. The molecule has 12 rings (SSSR count). The largest absolute Gasteiger partial charge is 0.455 e. The fourth-order valence-electron chi connectivity index (χ4n) is 8.42. The van der Waals surface area contributed by atoms with Gasteiger partial charge in [0.25, 0.3) is 0 Å². The molecule has 0 atom stereocenters. The van der Waals surface area contributed by atoms with Crippen molar-refractivity contribution in [1.29, 1.82) is 0 Å². The molecule has 8 aromatic carbocycles. The Morgan fingerprint density at radius 1 is 0.367 bits per heavy atom. The van der Waals surface area contributed by atoms with E-state index in [0.717, 1.165) is 83.0 Å². The first kappa shape index (κ1) is 34.3. The van der Waals surface area contributed by atoms with Crippen LogP contribution in [-0.2, 0) is 0 Å². The van der Waals surface area contributed by atoms with Gasteiger partial charge in [-0.15, -0.1) is 11.3 Å². The van der Waals surface area contributed by atoms with E-state index in [2.05, 4.69) is 146 Å². The third kappa shape index (κ3) is 5.76. The first-order valence-electron chi connectivity index (χ1n) is 20.0. The van der Waals surface area contributed by atoms with E-state index >= 15 is 0 Å². The zero-order valence-electron chi connectivity index (χ0n) is 32.1. The van der Waals surface area contributed by atoms with Crippen LogP contribution < -0.4 is 0 Å². The average Bonchev–Trinajstić information content (AvgIpc) is 3.91. The maximum Gasteiger partial charge on any atom is 0.164 e. The summed E-state index contributed by atoms with van der Waals surface area (Å²) in [5, 5.41) is 5.85. The van der Waals surface area contributed by atoms with Crippen LogP contribution in [0.1, 0.15) is 0 Å². The second kappa shape index (κ2) is 13.9. The quantitative estimate of drug-likeness (QED) is 0.168. The molecule has 0 spiro atoms. The van der Waals surface area contributed by atoms with Crippen molar-refractivity contribution in [3.8, 4) is 67.7 Å². The number of thiophene rings is 1. The number of hydrogen-bond donors (Lipinski definition) is 0. The average molecular weight is 785 g/mol. The number of hydrogen-bond acceptors (Lipinski definition) is 6. The van der Waals surface area contributed by atoms with Crippen molar-refractivity contribution in [3.05, 3.63) is 194 Å². The van der Waals surface area contributed by atoms with Crippen molar-refractivity contribution in [2.75, 3.05) is 0 Å². The first-order chi connectivity index (χ1) is 29.7. The molecule has 0 bridgehead atoms. The number of pyridine rings is 1. The molecular formula is C54H32N4OS. The topological polar surface area (TPSA) is 64.7 Å². The lowest BCUT2D eigenvalue weighted by Gasteiger charge is -2.11. The van der Waals surface area contributed by atoms with Crippen molar-refractivity contribution in [2.45, 2.75) is 0 Å². The van der Waals surface area contributed by atoms with E-state index in [0.29, 0.717) is 17.5 Å². The molecule has 0 N–H and O–H groups in total. The summed E-state index contributed by atoms with van der Waals surface area (Å²) >= 11 is 1.81. The predicted octanol–water partition coefficient (Wildman–Crippen LogP) is 14.7. The Hall–Kier alpha value is -7.80. The Kier molecular flexibility index (Phi) is 7.96. The summed E-state index contributed by atoms with van der Waals surface area (Å²) in [5.74, 6) is 1.84. The molecule has 0 unspecified atom stereocenters. The summed E-state index contributed by atoms with van der Waals surface area (Å²) in [6.45, 7) is 0. The zero-order valence-corrected chi connectivity index (χ0v) is 32.9. The number of benzene rings is 8. The van der Waals surface area contributed by atoms with Gasteiger partial charge >= 0.3 is 0 Å². The zero-order chi connectivity index (χ0) is 39.6. The van der Waals surface area contributed by atoms with Crippen LogP contribution in [0.15, 0.2) is 199 Å². The molecule has 0 amide bonds. The van der Waals surface area contributed by atoms with Crippen LogP contribution >= 0.6 is 11.3 Å². The second-order valence-corrected chi connectivity index (χ2v) is 16.0. The molecule has 12 aromatic rings. The fraction of sp³-hybridized carbons (Fsp3) is 0. The van der Waals surface area contributed by atoms with Gasteiger partial charge in [0.05, 0.1) is 15.9 Å². The van der Waals surface area contributed by atoms with Crippen LogP contribution in [0.3, 0.4) is 0 Å². The number of para-hydroxylation sites is 2. The van der Waals surface area contributed by atoms with Gasteiger partial charge in [0.15, 0.2) is 17.5 Å². The summed E-state index contributed by atoms with van der Waals surface area (Å²) in [4.78, 5) is 20.5. The molecule has 6 heteroatoms. The Bertz CT molecular complexity index is 3600. The molecule has 0 aliphatic heterocycles. The minimum Gasteiger partial charge on any atom is -0.455 e. The van der Waals surface area contributed by atoms with Gasteiger partial charge in [-0.3, -0.25) is 0 Å². The molecule has 0 radical (unpaired) electrons. The van der Waals surface area contributed by atoms with Crippen LogP contribution in [-0.4, -0.2) is 19.9 Å². The van der Waals surface area contributed by atoms with Crippen molar-refractivity contribution in [2.24, 2.45) is 0 Å². The lowest BCUT2D eigenvalue weighted by molar-refractivity contribution is 0.670. The van der Waals surface area contributed by atoms with E-state index in [4.69, 9.17) is 24.4 Å². The maximum absolute atomic E-state index is 6.36. The molecule has 0 saturated heterocycles. The van der Waals surface area contributed by atoms with Gasteiger partial charge in [0, 0.05) is 59.4 Å². The number of rotatable bonds is 6. The summed E-state index contributed by atoms with van der Waals surface area (Å²) in [5.41, 5.74) is 11.9. The molecular weight excluding hydrogens is 753 g/mol. The maximum atomic E-state index is 6.36. The van der Waals surface area contributed by atoms with E-state index in [1.165, 1.54) is 20.2 Å². The van der Waals surface area contributed by atoms with Crippen LogP contribution in [0.4, 0.5) is 0 Å². The molecule has 4 aromatic heterocycles. The van der Waals surface area contributed by atoms with Crippen LogP contribution in [0.5, 0.6) is 0 Å². The Morgan fingerprint density at radius 3 is 1.73 bits per heavy atom. The normalized spacial score (nSPS) is 11.7. The standard InChI is InChI=1S/C54H32N4OS/c1-3-13-34(14-4-1)49-51-48(43-20-8-10-24-47(43)60-51)44-32-38(29-30-45(44)55-49)37-17-11-18-39(31-37)54-57-52(35-15-5-2-6-16-35)56-53(58-54)36-27-25-33(26-28-36)40-21-12-22-42-41-19-7-9-23-46(41)59-50(40)42/h1-32H. The number of nitrogens with zero attached hydrogens (tertiary/aromatic N) is 4. The summed E-state index contributed by atoms with van der Waals surface area (Å²) in [7, 11) is 0. The Morgan fingerprint density at radius 2 is 0.933 bits per heavy atom. The van der Waals surface area contributed by atoms with E-state index in [9.17, 15) is 0 Å². The van der Waals surface area contributed by atoms with Crippen molar-refractivity contribution < 1.29 is 4.42 Å². The lowest BCUT2D eigenvalue weighted by Crippen LogP contribution is -2.00. The van der Waals surface area contributed by atoms with E-state index in [-0.39, 0.29) is 0 Å². The van der Waals surface area contributed by atoms with Crippen LogP contribution in [0.25, 0.3) is 121 Å². The van der Waals surface area contributed by atoms with E-state index in [1.807, 2.05) is 59.9 Å². The predicted molar refractivity (Wildman–Crippen MR) is 248 cm³/mol. The third-order valence-corrected chi connectivity index (χ3v) is 12.5. The van der Waals surface area contributed by atoms with Gasteiger partial charge in [-0.2, -0.15) is 0 Å². The Balaban J connectivity index is 0.961. The van der Waals surface area contributed by atoms with Gasteiger partial charge in [-0.25, -0.2) is 19.9 Å². The Labute approximate surface area is 348 Å².